The molecule has 2 heteroatoms. The Kier molecular flexibility index (Phi) is 12.4. The zero-order chi connectivity index (χ0) is 35.3. The fourth-order valence-corrected chi connectivity index (χ4v) is 6.45. The third kappa shape index (κ3) is 7.11. The first-order valence-electron chi connectivity index (χ1n) is 18.0. The molecule has 0 heterocycles. The Morgan fingerprint density at radius 2 is 0.460 bits per heavy atom. The summed E-state index contributed by atoms with van der Waals surface area (Å²) in [7, 11) is 0. The molecular formula is C48H48N2. The molecule has 0 saturated carbocycles. The summed E-state index contributed by atoms with van der Waals surface area (Å²) < 4.78 is 0. The largest absolute Gasteiger partial charge is 0.310 e. The smallest absolute Gasteiger partial charge is 0.0546 e. The second-order valence-electron chi connectivity index (χ2n) is 11.0. The summed E-state index contributed by atoms with van der Waals surface area (Å²) in [6.07, 6.45) is 0. The van der Waals surface area contributed by atoms with Gasteiger partial charge in [-0.15, -0.1) is 0 Å². The SMILES string of the molecule is CC.CC.CC.c1ccc(N(c2ccccc2)c2cc3c4ccccc4c(N(c4ccccc4)c4ccccc4)cc3c3ccccc23)cc1. The lowest BCUT2D eigenvalue weighted by atomic mass is 9.93. The quantitative estimate of drug-likeness (QED) is 0.165. The van der Waals surface area contributed by atoms with Gasteiger partial charge in [0.1, 0.15) is 0 Å². The molecule has 0 aliphatic carbocycles. The molecular weight excluding hydrogens is 605 g/mol. The van der Waals surface area contributed by atoms with Crippen LogP contribution >= 0.6 is 0 Å². The molecule has 0 radical (unpaired) electrons. The highest BCUT2D eigenvalue weighted by molar-refractivity contribution is 6.24. The van der Waals surface area contributed by atoms with Gasteiger partial charge in [-0.3, -0.25) is 0 Å². The molecule has 50 heavy (non-hydrogen) atoms. The minimum atomic E-state index is 1.13. The Balaban J connectivity index is 0.000000771. The minimum Gasteiger partial charge on any atom is -0.310 e. The molecule has 0 bridgehead atoms. The van der Waals surface area contributed by atoms with Crippen molar-refractivity contribution in [1.29, 1.82) is 0 Å². The second-order valence-corrected chi connectivity index (χ2v) is 11.0. The Morgan fingerprint density at radius 3 is 0.720 bits per heavy atom. The highest BCUT2D eigenvalue weighted by atomic mass is 15.1. The molecule has 0 fully saturated rings. The van der Waals surface area contributed by atoms with E-state index < -0.39 is 0 Å². The highest BCUT2D eigenvalue weighted by Crippen LogP contribution is 2.47. The van der Waals surface area contributed by atoms with Gasteiger partial charge in [0.25, 0.3) is 0 Å². The lowest BCUT2D eigenvalue weighted by Gasteiger charge is -2.29. The van der Waals surface area contributed by atoms with E-state index in [0.29, 0.717) is 0 Å². The lowest BCUT2D eigenvalue weighted by molar-refractivity contribution is 1.30. The van der Waals surface area contributed by atoms with E-state index in [1.54, 1.807) is 0 Å². The van der Waals surface area contributed by atoms with Gasteiger partial charge in [-0.2, -0.15) is 0 Å². The van der Waals surface area contributed by atoms with E-state index in [1.165, 1.54) is 32.3 Å². The summed E-state index contributed by atoms with van der Waals surface area (Å²) in [5.74, 6) is 0. The van der Waals surface area contributed by atoms with Crippen molar-refractivity contribution in [3.63, 3.8) is 0 Å². The monoisotopic (exact) mass is 652 g/mol. The van der Waals surface area contributed by atoms with Gasteiger partial charge in [0, 0.05) is 33.5 Å². The van der Waals surface area contributed by atoms with Gasteiger partial charge in [-0.25, -0.2) is 0 Å². The Bertz CT molecular complexity index is 1970. The summed E-state index contributed by atoms with van der Waals surface area (Å²) in [5.41, 5.74) is 6.83. The normalized spacial score (nSPS) is 10.2. The van der Waals surface area contributed by atoms with Crippen molar-refractivity contribution in [3.8, 4) is 0 Å². The molecule has 0 spiro atoms. The molecule has 0 aliphatic heterocycles. The van der Waals surface area contributed by atoms with Gasteiger partial charge in [0.15, 0.2) is 0 Å². The van der Waals surface area contributed by atoms with Crippen LogP contribution in [-0.2, 0) is 0 Å². The van der Waals surface area contributed by atoms with Crippen LogP contribution in [0.4, 0.5) is 34.1 Å². The standard InChI is InChI=1S/C42H30N2.3C2H6/c1-5-17-31(18-6-1)43(32-19-7-2-8-20-32)41-29-39-36-26-14-16-28-38(36)42(30-40(39)35-25-13-15-27-37(35)41)44(33-21-9-3-10-22-33)34-23-11-4-12-24-34;3*1-2/h1-30H;3*1-2H3. The van der Waals surface area contributed by atoms with E-state index in [0.717, 1.165) is 34.1 Å². The second kappa shape index (κ2) is 17.5. The van der Waals surface area contributed by atoms with Crippen LogP contribution in [0.15, 0.2) is 182 Å². The first-order valence-corrected chi connectivity index (χ1v) is 18.0. The Hall–Kier alpha value is -5.86. The van der Waals surface area contributed by atoms with Crippen LogP contribution in [-0.4, -0.2) is 0 Å². The molecule has 0 unspecified atom stereocenters. The molecule has 2 nitrogen and oxygen atoms in total. The van der Waals surface area contributed by atoms with E-state index in [-0.39, 0.29) is 0 Å². The molecule has 8 aromatic carbocycles. The van der Waals surface area contributed by atoms with Crippen LogP contribution in [0.3, 0.4) is 0 Å². The summed E-state index contributed by atoms with van der Waals surface area (Å²) in [4.78, 5) is 4.76. The van der Waals surface area contributed by atoms with E-state index >= 15 is 0 Å². The van der Waals surface area contributed by atoms with Crippen LogP contribution in [0, 0.1) is 0 Å². The Morgan fingerprint density at radius 1 is 0.240 bits per heavy atom. The van der Waals surface area contributed by atoms with Crippen molar-refractivity contribution in [2.45, 2.75) is 41.5 Å². The van der Waals surface area contributed by atoms with Crippen molar-refractivity contribution < 1.29 is 0 Å². The van der Waals surface area contributed by atoms with Crippen molar-refractivity contribution >= 4 is 66.4 Å². The van der Waals surface area contributed by atoms with Gasteiger partial charge in [-0.1, -0.05) is 163 Å². The third-order valence-electron chi connectivity index (χ3n) is 8.38. The highest BCUT2D eigenvalue weighted by Gasteiger charge is 2.21. The number of para-hydroxylation sites is 4. The van der Waals surface area contributed by atoms with Gasteiger partial charge >= 0.3 is 0 Å². The topological polar surface area (TPSA) is 6.48 Å². The first-order chi connectivity index (χ1) is 24.9. The van der Waals surface area contributed by atoms with Crippen molar-refractivity contribution in [2.75, 3.05) is 9.80 Å². The molecule has 0 saturated heterocycles. The van der Waals surface area contributed by atoms with Crippen LogP contribution in [0.5, 0.6) is 0 Å². The molecule has 0 aliphatic rings. The van der Waals surface area contributed by atoms with E-state index in [1.807, 2.05) is 41.5 Å². The Labute approximate surface area is 298 Å². The maximum absolute atomic E-state index is 2.39. The van der Waals surface area contributed by atoms with E-state index in [9.17, 15) is 0 Å². The number of rotatable bonds is 6. The number of fused-ring (bicyclic) bond motifs is 5. The zero-order valence-corrected chi connectivity index (χ0v) is 30.2. The predicted octanol–water partition coefficient (Wildman–Crippen LogP) is 15.2. The molecule has 250 valence electrons. The molecule has 8 rings (SSSR count). The van der Waals surface area contributed by atoms with Crippen molar-refractivity contribution in [2.24, 2.45) is 0 Å². The van der Waals surface area contributed by atoms with Crippen LogP contribution < -0.4 is 9.80 Å². The van der Waals surface area contributed by atoms with E-state index in [2.05, 4.69) is 192 Å². The predicted molar refractivity (Wildman–Crippen MR) is 222 cm³/mol. The maximum Gasteiger partial charge on any atom is 0.0546 e. The first kappa shape index (κ1) is 35.4. The van der Waals surface area contributed by atoms with Crippen LogP contribution in [0.2, 0.25) is 0 Å². The van der Waals surface area contributed by atoms with Crippen molar-refractivity contribution in [1.82, 2.24) is 0 Å². The summed E-state index contributed by atoms with van der Waals surface area (Å²) >= 11 is 0. The molecule has 0 aromatic heterocycles. The fraction of sp³-hybridized carbons (Fsp3) is 0.125. The van der Waals surface area contributed by atoms with E-state index in [4.69, 9.17) is 0 Å². The average Bonchev–Trinajstić information content (AvgIpc) is 3.22. The molecule has 0 N–H and O–H groups in total. The van der Waals surface area contributed by atoms with Gasteiger partial charge in [0.05, 0.1) is 11.4 Å². The van der Waals surface area contributed by atoms with Crippen LogP contribution in [0.1, 0.15) is 41.5 Å². The summed E-state index contributed by atoms with van der Waals surface area (Å²) in [6, 6.07) is 65.1. The molecule has 0 atom stereocenters. The molecule has 0 amide bonds. The molecule has 8 aromatic rings. The van der Waals surface area contributed by atoms with Gasteiger partial charge in [-0.05, 0) is 82.2 Å². The van der Waals surface area contributed by atoms with Gasteiger partial charge < -0.3 is 9.80 Å². The summed E-state index contributed by atoms with van der Waals surface area (Å²) in [5, 5.41) is 7.33. The van der Waals surface area contributed by atoms with Gasteiger partial charge in [0.2, 0.25) is 0 Å². The number of anilines is 6. The minimum absolute atomic E-state index is 1.13. The fourth-order valence-electron chi connectivity index (χ4n) is 6.45. The number of hydrogen-bond acceptors (Lipinski definition) is 2. The number of benzene rings is 8. The number of nitrogens with zero attached hydrogens (tertiary/aromatic N) is 2. The lowest BCUT2D eigenvalue weighted by Crippen LogP contribution is -2.11. The number of hydrogen-bond donors (Lipinski definition) is 0. The zero-order valence-electron chi connectivity index (χ0n) is 30.2. The average molecular weight is 653 g/mol. The summed E-state index contributed by atoms with van der Waals surface area (Å²) in [6.45, 7) is 12.0. The maximum atomic E-state index is 2.39. The van der Waals surface area contributed by atoms with Crippen LogP contribution in [0.25, 0.3) is 32.3 Å². The third-order valence-corrected chi connectivity index (χ3v) is 8.38. The van der Waals surface area contributed by atoms with Crippen molar-refractivity contribution in [3.05, 3.63) is 182 Å².